The van der Waals surface area contributed by atoms with Crippen molar-refractivity contribution in [1.82, 2.24) is 9.21 Å². The molecule has 2 bridgehead atoms. The van der Waals surface area contributed by atoms with E-state index in [4.69, 9.17) is 11.6 Å². The third-order valence-corrected chi connectivity index (χ3v) is 9.46. The van der Waals surface area contributed by atoms with Crippen LogP contribution in [0.2, 0.25) is 5.02 Å². The van der Waals surface area contributed by atoms with Gasteiger partial charge in [0.25, 0.3) is 17.3 Å². The summed E-state index contributed by atoms with van der Waals surface area (Å²) in [4.78, 5) is 50.5. The molecule has 3 saturated heterocycles. The van der Waals surface area contributed by atoms with Gasteiger partial charge in [0, 0.05) is 30.1 Å². The first kappa shape index (κ1) is 24.2. The van der Waals surface area contributed by atoms with Gasteiger partial charge in [-0.05, 0) is 30.7 Å². The smallest absolute Gasteiger partial charge is 0.306 e. The summed E-state index contributed by atoms with van der Waals surface area (Å²) in [6.45, 7) is -0.0895. The number of amides is 3. The molecule has 0 aromatic heterocycles. The number of anilines is 1. The lowest BCUT2D eigenvalue weighted by Crippen LogP contribution is -2.54. The van der Waals surface area contributed by atoms with Crippen molar-refractivity contribution in [3.63, 3.8) is 0 Å². The minimum Gasteiger partial charge on any atom is -0.306 e. The van der Waals surface area contributed by atoms with Gasteiger partial charge in [-0.25, -0.2) is 18.1 Å². The second-order valence-corrected chi connectivity index (χ2v) is 11.4. The van der Waals surface area contributed by atoms with Gasteiger partial charge in [0.2, 0.25) is 10.0 Å². The van der Waals surface area contributed by atoms with Crippen molar-refractivity contribution in [1.29, 1.82) is 0 Å². The fraction of sp³-hybridized carbons (Fsp3) is 0.217. The molecule has 0 aliphatic carbocycles. The maximum absolute atomic E-state index is 13.6. The molecule has 6 rings (SSSR count). The number of piperazine rings is 1. The van der Waals surface area contributed by atoms with E-state index in [0.717, 1.165) is 27.4 Å². The molecular formula is C23H16ClN5O8S. The number of nitrogens with zero attached hydrogens (tertiary/aromatic N) is 5. The van der Waals surface area contributed by atoms with Crippen molar-refractivity contribution in [3.05, 3.63) is 79.8 Å². The summed E-state index contributed by atoms with van der Waals surface area (Å²) < 4.78 is 28.1. The number of halogens is 1. The van der Waals surface area contributed by atoms with E-state index in [0.29, 0.717) is 5.39 Å². The van der Waals surface area contributed by atoms with Crippen LogP contribution < -0.4 is 4.90 Å². The number of hydrogen-bond donors (Lipinski definition) is 0. The topological polar surface area (TPSA) is 164 Å². The van der Waals surface area contributed by atoms with E-state index in [1.54, 1.807) is 18.2 Å². The fourth-order valence-electron chi connectivity index (χ4n) is 5.66. The van der Waals surface area contributed by atoms with Crippen LogP contribution in [0, 0.1) is 20.2 Å². The molecule has 0 radical (unpaired) electrons. The Hall–Kier alpha value is -4.14. The van der Waals surface area contributed by atoms with E-state index < -0.39 is 55.6 Å². The highest BCUT2D eigenvalue weighted by Gasteiger charge is 2.64. The standard InChI is InChI=1S/C23H16ClN5O8S/c24-16-6-5-13(10-19(16)29(34)35)38(36,37)25-11-12-9-20(25)21-22(30)27(23(31)26(12)21)17-7-8-18(28(32)33)15-4-2-1-3-14(15)17/h1-8,10,12,20-21H,9,11H2. The maximum Gasteiger partial charge on any atom is 0.332 e. The predicted molar refractivity (Wildman–Crippen MR) is 133 cm³/mol. The number of nitro benzene ring substituents is 2. The minimum atomic E-state index is -4.27. The second-order valence-electron chi connectivity index (χ2n) is 9.12. The molecule has 38 heavy (non-hydrogen) atoms. The van der Waals surface area contributed by atoms with Gasteiger partial charge < -0.3 is 4.90 Å². The van der Waals surface area contributed by atoms with Crippen LogP contribution in [0.15, 0.2) is 59.5 Å². The van der Waals surface area contributed by atoms with Gasteiger partial charge in [-0.15, -0.1) is 0 Å². The van der Waals surface area contributed by atoms with Crippen LogP contribution in [0.3, 0.4) is 0 Å². The summed E-state index contributed by atoms with van der Waals surface area (Å²) in [6, 6.07) is 8.83. The van der Waals surface area contributed by atoms with Crippen LogP contribution in [-0.4, -0.2) is 64.1 Å². The quantitative estimate of drug-likeness (QED) is 0.262. The molecule has 3 unspecified atom stereocenters. The van der Waals surface area contributed by atoms with Crippen LogP contribution >= 0.6 is 11.6 Å². The van der Waals surface area contributed by atoms with Crippen molar-refractivity contribution < 1.29 is 27.9 Å². The largest absolute Gasteiger partial charge is 0.332 e. The lowest BCUT2D eigenvalue weighted by Gasteiger charge is -2.34. The number of carbonyl (C=O) groups excluding carboxylic acids is 2. The molecule has 15 heteroatoms. The third-order valence-electron chi connectivity index (χ3n) is 7.25. The summed E-state index contributed by atoms with van der Waals surface area (Å²) in [5, 5.41) is 23.1. The molecule has 3 fully saturated rings. The normalized spacial score (nSPS) is 22.9. The SMILES string of the molecule is O=C1C2C3CC(CN3S(=O)(=O)c3ccc(Cl)c([N+](=O)[O-])c3)N2C(=O)N1c1ccc([N+](=O)[O-])c2ccccc12. The highest BCUT2D eigenvalue weighted by Crippen LogP contribution is 2.46. The van der Waals surface area contributed by atoms with E-state index >= 15 is 0 Å². The monoisotopic (exact) mass is 557 g/mol. The Kier molecular flexibility index (Phi) is 5.21. The zero-order valence-electron chi connectivity index (χ0n) is 19.1. The summed E-state index contributed by atoms with van der Waals surface area (Å²) in [5.74, 6) is -0.650. The van der Waals surface area contributed by atoms with E-state index in [1.807, 2.05) is 0 Å². The Labute approximate surface area is 219 Å². The second kappa shape index (κ2) is 8.18. The number of benzene rings is 3. The number of non-ortho nitro benzene ring substituents is 1. The average molecular weight is 558 g/mol. The van der Waals surface area contributed by atoms with Gasteiger partial charge in [-0.1, -0.05) is 29.8 Å². The van der Waals surface area contributed by atoms with Crippen molar-refractivity contribution in [2.75, 3.05) is 11.4 Å². The molecular weight excluding hydrogens is 542 g/mol. The Bertz CT molecular complexity index is 1710. The van der Waals surface area contributed by atoms with Crippen molar-refractivity contribution in [3.8, 4) is 0 Å². The van der Waals surface area contributed by atoms with E-state index in [1.165, 1.54) is 23.1 Å². The summed E-state index contributed by atoms with van der Waals surface area (Å²) in [6.07, 6.45) is 0.228. The minimum absolute atomic E-state index is 0.0895. The number of rotatable bonds is 5. The summed E-state index contributed by atoms with van der Waals surface area (Å²) in [5.41, 5.74) is -0.585. The lowest BCUT2D eigenvalue weighted by molar-refractivity contribution is -0.384. The van der Waals surface area contributed by atoms with Crippen molar-refractivity contribution in [2.24, 2.45) is 0 Å². The molecule has 3 heterocycles. The number of nitro groups is 2. The third kappa shape index (κ3) is 3.23. The number of sulfonamides is 1. The number of fused-ring (bicyclic) bond motifs is 6. The van der Waals surface area contributed by atoms with Gasteiger partial charge in [0.1, 0.15) is 11.1 Å². The Morgan fingerprint density at radius 2 is 1.61 bits per heavy atom. The maximum atomic E-state index is 13.6. The molecule has 3 aliphatic heterocycles. The van der Waals surface area contributed by atoms with Crippen LogP contribution in [0.1, 0.15) is 6.42 Å². The molecule has 3 aromatic carbocycles. The molecule has 194 valence electrons. The van der Waals surface area contributed by atoms with Gasteiger partial charge in [0.15, 0.2) is 0 Å². The molecule has 0 spiro atoms. The first-order valence-corrected chi connectivity index (χ1v) is 13.1. The van der Waals surface area contributed by atoms with E-state index in [2.05, 4.69) is 0 Å². The average Bonchev–Trinajstić information content (AvgIpc) is 3.55. The predicted octanol–water partition coefficient (Wildman–Crippen LogP) is 3.29. The van der Waals surface area contributed by atoms with Crippen LogP contribution in [0.5, 0.6) is 0 Å². The Morgan fingerprint density at radius 1 is 0.921 bits per heavy atom. The molecule has 3 amide bonds. The number of carbonyl (C=O) groups is 2. The number of hydrogen-bond acceptors (Lipinski definition) is 8. The number of imide groups is 1. The van der Waals surface area contributed by atoms with Crippen molar-refractivity contribution in [2.45, 2.75) is 29.4 Å². The van der Waals surface area contributed by atoms with Crippen molar-refractivity contribution >= 4 is 61.4 Å². The lowest BCUT2D eigenvalue weighted by atomic mass is 10.1. The molecule has 3 aromatic rings. The number of urea groups is 1. The molecule has 3 aliphatic rings. The summed E-state index contributed by atoms with van der Waals surface area (Å²) in [7, 11) is -4.27. The zero-order chi connectivity index (χ0) is 27.1. The molecule has 3 atom stereocenters. The van der Waals surface area contributed by atoms with Crippen LogP contribution in [-0.2, 0) is 14.8 Å². The molecule has 0 saturated carbocycles. The van der Waals surface area contributed by atoms with Gasteiger partial charge in [-0.3, -0.25) is 25.0 Å². The van der Waals surface area contributed by atoms with E-state index in [-0.39, 0.29) is 39.6 Å². The highest BCUT2D eigenvalue weighted by molar-refractivity contribution is 7.89. The Balaban J connectivity index is 1.38. The zero-order valence-corrected chi connectivity index (χ0v) is 20.7. The highest BCUT2D eigenvalue weighted by atomic mass is 35.5. The van der Waals surface area contributed by atoms with E-state index in [9.17, 15) is 38.2 Å². The van der Waals surface area contributed by atoms with Gasteiger partial charge >= 0.3 is 6.03 Å². The Morgan fingerprint density at radius 3 is 2.29 bits per heavy atom. The first-order chi connectivity index (χ1) is 18.0. The fourth-order valence-corrected chi connectivity index (χ4v) is 7.55. The molecule has 13 nitrogen and oxygen atoms in total. The molecule has 0 N–H and O–H groups in total. The van der Waals surface area contributed by atoms with Crippen LogP contribution in [0.25, 0.3) is 10.8 Å². The first-order valence-electron chi connectivity index (χ1n) is 11.3. The van der Waals surface area contributed by atoms with Gasteiger partial charge in [0.05, 0.1) is 31.9 Å². The van der Waals surface area contributed by atoms with Crippen LogP contribution in [0.4, 0.5) is 21.9 Å². The summed E-state index contributed by atoms with van der Waals surface area (Å²) >= 11 is 5.83. The van der Waals surface area contributed by atoms with Gasteiger partial charge in [-0.2, -0.15) is 4.31 Å².